The molecule has 2 aliphatic carbocycles. The van der Waals surface area contributed by atoms with Crippen LogP contribution in [0.1, 0.15) is 139 Å². The third-order valence-corrected chi connectivity index (χ3v) is 11.5. The Morgan fingerprint density at radius 3 is 1.77 bits per heavy atom. The lowest BCUT2D eigenvalue weighted by Gasteiger charge is -2.18. The molecule has 0 spiro atoms. The van der Waals surface area contributed by atoms with Gasteiger partial charge in [0, 0.05) is 35.7 Å². The largest absolute Gasteiger partial charge is 0.373 e. The van der Waals surface area contributed by atoms with Crippen molar-refractivity contribution in [3.05, 3.63) is 58.2 Å². The van der Waals surface area contributed by atoms with E-state index >= 15 is 0 Å². The molecule has 2 fully saturated rings. The van der Waals surface area contributed by atoms with Crippen LogP contribution in [0.3, 0.4) is 0 Å². The number of nitrogens with zero attached hydrogens (tertiary/aromatic N) is 3. The molecule has 0 bridgehead atoms. The van der Waals surface area contributed by atoms with Crippen molar-refractivity contribution in [3.63, 3.8) is 0 Å². The third-order valence-electron chi connectivity index (χ3n) is 11.5. The topological polar surface area (TPSA) is 126 Å². The van der Waals surface area contributed by atoms with E-state index < -0.39 is 0 Å². The van der Waals surface area contributed by atoms with Crippen molar-refractivity contribution >= 4 is 18.6 Å². The predicted molar refractivity (Wildman–Crippen MR) is 208 cm³/mol. The van der Waals surface area contributed by atoms with E-state index in [2.05, 4.69) is 62.2 Å². The van der Waals surface area contributed by atoms with Gasteiger partial charge in [0.1, 0.15) is 6.29 Å². The maximum absolute atomic E-state index is 9.77. The fourth-order valence-corrected chi connectivity index (χ4v) is 7.49. The highest BCUT2D eigenvalue weighted by Crippen LogP contribution is 2.25. The van der Waals surface area contributed by atoms with Gasteiger partial charge in [-0.3, -0.25) is 9.97 Å². The molecular formula is C44H68N4O5. The number of aromatic nitrogens is 2. The van der Waals surface area contributed by atoms with Crippen LogP contribution in [-0.4, -0.2) is 66.2 Å². The van der Waals surface area contributed by atoms with Gasteiger partial charge >= 0.3 is 12.3 Å². The molecule has 0 saturated carbocycles. The van der Waals surface area contributed by atoms with Crippen LogP contribution < -0.4 is 5.32 Å². The lowest BCUT2D eigenvalue weighted by molar-refractivity contribution is -0.193. The molecule has 2 aliphatic heterocycles. The molecule has 2 saturated heterocycles. The number of aldehydes is 1. The van der Waals surface area contributed by atoms with Gasteiger partial charge in [-0.15, -0.1) is 0 Å². The second kappa shape index (κ2) is 28.1. The Morgan fingerprint density at radius 2 is 1.30 bits per heavy atom. The quantitative estimate of drug-likeness (QED) is 0.207. The molecule has 1 N–H and O–H groups in total. The van der Waals surface area contributed by atoms with Crippen molar-refractivity contribution < 1.29 is 24.0 Å². The monoisotopic (exact) mass is 733 g/mol. The molecule has 2 aromatic heterocycles. The summed E-state index contributed by atoms with van der Waals surface area (Å²) < 4.78 is 0. The molecule has 0 amide bonds. The molecule has 0 unspecified atom stereocenters. The minimum Gasteiger partial charge on any atom is -0.316 e. The fraction of sp³-hybridized carbons (Fsp3) is 0.705. The van der Waals surface area contributed by atoms with E-state index in [0.29, 0.717) is 5.92 Å². The summed E-state index contributed by atoms with van der Waals surface area (Å²) in [6.45, 7) is 15.2. The number of likely N-dealkylation sites (tertiary alicyclic amines) is 1. The predicted octanol–water partition coefficient (Wildman–Crippen LogP) is 7.61. The van der Waals surface area contributed by atoms with E-state index in [9.17, 15) is 4.79 Å². The van der Waals surface area contributed by atoms with Gasteiger partial charge in [-0.1, -0.05) is 52.7 Å². The second-order valence-electron chi connectivity index (χ2n) is 15.5. The summed E-state index contributed by atoms with van der Waals surface area (Å²) in [5.41, 5.74) is 8.45. The number of pyridine rings is 2. The third kappa shape index (κ3) is 19.0. The van der Waals surface area contributed by atoms with Gasteiger partial charge < -0.3 is 15.0 Å². The van der Waals surface area contributed by atoms with Crippen LogP contribution in [0.4, 0.5) is 0 Å². The number of carbonyl (C=O) groups is 1. The number of carbonyl (C=O) groups excluding carboxylic acids is 5. The first-order valence-corrected chi connectivity index (χ1v) is 20.6. The molecular weight excluding hydrogens is 665 g/mol. The smallest absolute Gasteiger partial charge is 0.316 e. The van der Waals surface area contributed by atoms with E-state index in [1.807, 2.05) is 0 Å². The van der Waals surface area contributed by atoms with E-state index in [1.54, 1.807) is 0 Å². The Bertz CT molecular complexity index is 1350. The molecule has 9 heteroatoms. The van der Waals surface area contributed by atoms with Crippen molar-refractivity contribution in [1.82, 2.24) is 20.2 Å². The lowest BCUT2D eigenvalue weighted by Crippen LogP contribution is -2.23. The molecule has 0 radical (unpaired) electrons. The zero-order valence-electron chi connectivity index (χ0n) is 33.3. The molecule has 4 atom stereocenters. The first kappa shape index (κ1) is 45.8. The van der Waals surface area contributed by atoms with E-state index in [1.165, 1.54) is 169 Å². The van der Waals surface area contributed by atoms with Crippen molar-refractivity contribution in [3.8, 4) is 0 Å². The first-order valence-electron chi connectivity index (χ1n) is 20.6. The van der Waals surface area contributed by atoms with Crippen LogP contribution in [0, 0.1) is 23.7 Å². The zero-order chi connectivity index (χ0) is 38.7. The van der Waals surface area contributed by atoms with Crippen LogP contribution in [0.25, 0.3) is 0 Å². The van der Waals surface area contributed by atoms with Crippen molar-refractivity contribution in [2.75, 3.05) is 32.7 Å². The Hall–Kier alpha value is -3.35. The van der Waals surface area contributed by atoms with E-state index in [0.717, 1.165) is 36.9 Å². The second-order valence-corrected chi connectivity index (χ2v) is 15.5. The van der Waals surface area contributed by atoms with Crippen molar-refractivity contribution in [1.29, 1.82) is 0 Å². The lowest BCUT2D eigenvalue weighted by atomic mass is 9.95. The van der Waals surface area contributed by atoms with Crippen LogP contribution in [0.15, 0.2) is 24.3 Å². The highest BCUT2D eigenvalue weighted by molar-refractivity contribution is 5.49. The van der Waals surface area contributed by atoms with Gasteiger partial charge in [0.2, 0.25) is 0 Å². The first-order chi connectivity index (χ1) is 25.8. The maximum Gasteiger partial charge on any atom is 0.373 e. The summed E-state index contributed by atoms with van der Waals surface area (Å²) in [5, 5.41) is 3.44. The van der Waals surface area contributed by atoms with Gasteiger partial charge in [0.05, 0.1) is 0 Å². The Balaban J connectivity index is 0.000000283. The van der Waals surface area contributed by atoms with Crippen LogP contribution in [0.5, 0.6) is 0 Å². The normalized spacial score (nSPS) is 19.6. The summed E-state index contributed by atoms with van der Waals surface area (Å²) in [4.78, 5) is 54.8. The Kier molecular flexibility index (Phi) is 24.3. The molecule has 53 heavy (non-hydrogen) atoms. The summed E-state index contributed by atoms with van der Waals surface area (Å²) in [6, 6.07) is 9.22. The highest BCUT2D eigenvalue weighted by atomic mass is 16.2. The molecule has 4 heterocycles. The SMILES string of the molecule is CC[C@@H](C)CC=O.CC[C@@H](C)CCN1CC[C@@H](CCc2ccc3c(n2)CCCC3)C1.O=C=O.O=C=O.c1cc2c(nc1CC[C@@H]1CCNC1)CCCC2. The number of nitrogens with one attached hydrogen (secondary N) is 1. The average Bonchev–Trinajstić information content (AvgIpc) is 3.89. The molecule has 294 valence electrons. The van der Waals surface area contributed by atoms with Crippen molar-refractivity contribution in [2.45, 2.75) is 143 Å². The molecule has 9 nitrogen and oxygen atoms in total. The number of hydrogen-bond donors (Lipinski definition) is 1. The van der Waals surface area contributed by atoms with E-state index in [4.69, 9.17) is 29.1 Å². The molecule has 6 rings (SSSR count). The maximum atomic E-state index is 9.77. The minimum absolute atomic E-state index is 0.250. The Labute approximate surface area is 319 Å². The minimum atomic E-state index is 0.250. The number of hydrogen-bond acceptors (Lipinski definition) is 9. The molecule has 4 aliphatic rings. The standard InChI is InChI=1S/C21H34N2.C15H22N2.C6H12O.2CO2/c1-3-17(2)12-14-23-15-13-18(16-23)8-10-20-11-9-19-6-4-5-7-21(19)22-20;1-2-4-15-13(3-1)6-8-14(17-15)7-5-12-9-10-16-11-12;1-3-6(2)4-5-7;2*2-1-3/h9,11,17-18H,3-8,10,12-16H2,1-2H3;6,8,12,16H,1-5,7,9-11H2;5-6H,3-4H2,1-2H3;;/t17-,18-;12-;6-;;/m111../s1. The molecule has 2 aromatic rings. The van der Waals surface area contributed by atoms with Crippen molar-refractivity contribution in [2.24, 2.45) is 23.7 Å². The van der Waals surface area contributed by atoms with Gasteiger partial charge in [-0.05, 0) is 169 Å². The van der Waals surface area contributed by atoms with Gasteiger partial charge in [0.25, 0.3) is 0 Å². The zero-order valence-corrected chi connectivity index (χ0v) is 33.3. The summed E-state index contributed by atoms with van der Waals surface area (Å²) in [7, 11) is 0. The average molecular weight is 733 g/mol. The highest BCUT2D eigenvalue weighted by Gasteiger charge is 2.22. The summed E-state index contributed by atoms with van der Waals surface area (Å²) in [6.07, 6.45) is 24.0. The van der Waals surface area contributed by atoms with Gasteiger partial charge in [-0.25, -0.2) is 0 Å². The number of aryl methyl sites for hydroxylation is 6. The van der Waals surface area contributed by atoms with Crippen LogP contribution >= 0.6 is 0 Å². The number of fused-ring (bicyclic) bond motifs is 2. The van der Waals surface area contributed by atoms with Crippen LogP contribution in [-0.2, 0) is 62.5 Å². The fourth-order valence-electron chi connectivity index (χ4n) is 7.49. The Morgan fingerprint density at radius 1 is 0.774 bits per heavy atom. The molecule has 0 aromatic carbocycles. The van der Waals surface area contributed by atoms with E-state index in [-0.39, 0.29) is 12.3 Å². The van der Waals surface area contributed by atoms with Gasteiger partial charge in [0.15, 0.2) is 0 Å². The van der Waals surface area contributed by atoms with Crippen LogP contribution in [0.2, 0.25) is 0 Å². The summed E-state index contributed by atoms with van der Waals surface area (Å²) >= 11 is 0. The number of rotatable bonds is 13. The van der Waals surface area contributed by atoms with Gasteiger partial charge in [-0.2, -0.15) is 19.2 Å². The summed E-state index contributed by atoms with van der Waals surface area (Å²) in [5.74, 6) is 3.24.